The monoisotopic (exact) mass is 208 g/mol. The van der Waals surface area contributed by atoms with Crippen molar-refractivity contribution in [3.63, 3.8) is 0 Å². The van der Waals surface area contributed by atoms with Gasteiger partial charge in [-0.3, -0.25) is 0 Å². The average molecular weight is 209 g/mol. The highest BCUT2D eigenvalue weighted by Gasteiger charge is 2.08. The Morgan fingerprint density at radius 3 is 2.86 bits per heavy atom. The maximum atomic E-state index is 6.10. The van der Waals surface area contributed by atoms with Gasteiger partial charge in [-0.25, -0.2) is 4.98 Å². The van der Waals surface area contributed by atoms with Crippen molar-refractivity contribution in [2.45, 2.75) is 26.8 Å². The molecule has 0 radical (unpaired) electrons. The summed E-state index contributed by atoms with van der Waals surface area (Å²) in [4.78, 5) is 4.36. The Morgan fingerprint density at radius 2 is 2.21 bits per heavy atom. The van der Waals surface area contributed by atoms with Crippen molar-refractivity contribution in [3.05, 3.63) is 29.0 Å². The smallest absolute Gasteiger partial charge is 0.141 e. The molecule has 0 saturated carbocycles. The molecule has 0 aliphatic carbocycles. The van der Waals surface area contributed by atoms with Crippen molar-refractivity contribution in [1.29, 1.82) is 0 Å². The minimum absolute atomic E-state index is 0.789. The lowest BCUT2D eigenvalue weighted by Crippen LogP contribution is -1.99. The van der Waals surface area contributed by atoms with Crippen molar-refractivity contribution < 1.29 is 0 Å². The van der Waals surface area contributed by atoms with Crippen LogP contribution in [0.3, 0.4) is 0 Å². The zero-order chi connectivity index (χ0) is 10.1. The number of halogens is 1. The van der Waals surface area contributed by atoms with Gasteiger partial charge in [-0.1, -0.05) is 18.5 Å². The maximum Gasteiger partial charge on any atom is 0.141 e. The van der Waals surface area contributed by atoms with Gasteiger partial charge >= 0.3 is 0 Å². The van der Waals surface area contributed by atoms with Crippen molar-refractivity contribution in [2.75, 3.05) is 0 Å². The molecular weight excluding hydrogens is 196 g/mol. The molecule has 2 nitrogen and oxygen atoms in total. The fourth-order valence-electron chi connectivity index (χ4n) is 1.81. The molecule has 0 aliphatic rings. The highest BCUT2D eigenvalue weighted by molar-refractivity contribution is 6.35. The van der Waals surface area contributed by atoms with Gasteiger partial charge in [0.15, 0.2) is 0 Å². The number of aryl methyl sites for hydroxylation is 2. The van der Waals surface area contributed by atoms with E-state index in [0.29, 0.717) is 0 Å². The zero-order valence-corrected chi connectivity index (χ0v) is 9.17. The van der Waals surface area contributed by atoms with Crippen LogP contribution >= 0.6 is 11.6 Å². The second kappa shape index (κ2) is 3.62. The summed E-state index contributed by atoms with van der Waals surface area (Å²) in [6.45, 7) is 5.22. The van der Waals surface area contributed by atoms with E-state index in [1.54, 1.807) is 6.20 Å². The number of hydrogen-bond donors (Lipinski definition) is 0. The standard InChI is InChI=1S/C11H13ClN2/c1-3-8-7-9-10(12)5-6-13-11(9)14(8)4-2/h5-7H,3-4H2,1-2H3. The van der Waals surface area contributed by atoms with Gasteiger partial charge in [-0.05, 0) is 25.5 Å². The van der Waals surface area contributed by atoms with Crippen molar-refractivity contribution in [3.8, 4) is 0 Å². The molecule has 2 aromatic heterocycles. The summed E-state index contributed by atoms with van der Waals surface area (Å²) in [5.74, 6) is 0. The average Bonchev–Trinajstić information content (AvgIpc) is 2.57. The maximum absolute atomic E-state index is 6.10. The Hall–Kier alpha value is -1.02. The van der Waals surface area contributed by atoms with E-state index in [2.05, 4.69) is 29.5 Å². The second-order valence-corrected chi connectivity index (χ2v) is 3.67. The molecule has 0 unspecified atom stereocenters. The van der Waals surface area contributed by atoms with Crippen LogP contribution in [0.4, 0.5) is 0 Å². The number of hydrogen-bond acceptors (Lipinski definition) is 1. The molecule has 0 bridgehead atoms. The van der Waals surface area contributed by atoms with Crippen molar-refractivity contribution >= 4 is 22.6 Å². The lowest BCUT2D eigenvalue weighted by Gasteiger charge is -2.04. The topological polar surface area (TPSA) is 17.8 Å². The normalized spacial score (nSPS) is 11.1. The van der Waals surface area contributed by atoms with E-state index >= 15 is 0 Å². The fraction of sp³-hybridized carbons (Fsp3) is 0.364. The molecule has 2 heterocycles. The molecule has 0 fully saturated rings. The van der Waals surface area contributed by atoms with Crippen LogP contribution < -0.4 is 0 Å². The van der Waals surface area contributed by atoms with E-state index in [4.69, 9.17) is 11.6 Å². The molecule has 0 N–H and O–H groups in total. The lowest BCUT2D eigenvalue weighted by molar-refractivity contribution is 0.738. The first-order valence-corrected chi connectivity index (χ1v) is 5.28. The summed E-state index contributed by atoms with van der Waals surface area (Å²) in [5.41, 5.74) is 2.29. The SMILES string of the molecule is CCc1cc2c(Cl)ccnc2n1CC. The van der Waals surface area contributed by atoms with Crippen molar-refractivity contribution in [2.24, 2.45) is 0 Å². The van der Waals surface area contributed by atoms with Crippen LogP contribution in [-0.4, -0.2) is 9.55 Å². The van der Waals surface area contributed by atoms with Crippen LogP contribution in [0.15, 0.2) is 18.3 Å². The summed E-state index contributed by atoms with van der Waals surface area (Å²) >= 11 is 6.10. The quantitative estimate of drug-likeness (QED) is 0.741. The predicted molar refractivity (Wildman–Crippen MR) is 59.8 cm³/mol. The van der Waals surface area contributed by atoms with E-state index in [-0.39, 0.29) is 0 Å². The summed E-state index contributed by atoms with van der Waals surface area (Å²) in [5, 5.41) is 1.85. The Labute approximate surface area is 88.5 Å². The summed E-state index contributed by atoms with van der Waals surface area (Å²) in [7, 11) is 0. The Morgan fingerprint density at radius 1 is 1.43 bits per heavy atom. The third-order valence-corrected chi connectivity index (χ3v) is 2.84. The third kappa shape index (κ3) is 1.30. The summed E-state index contributed by atoms with van der Waals surface area (Å²) < 4.78 is 2.21. The van der Waals surface area contributed by atoms with E-state index in [1.807, 2.05) is 6.07 Å². The molecule has 0 spiro atoms. The van der Waals surface area contributed by atoms with E-state index in [1.165, 1.54) is 5.69 Å². The molecule has 0 aromatic carbocycles. The first-order valence-electron chi connectivity index (χ1n) is 4.90. The van der Waals surface area contributed by atoms with Crippen molar-refractivity contribution in [1.82, 2.24) is 9.55 Å². The highest BCUT2D eigenvalue weighted by Crippen LogP contribution is 2.25. The first-order chi connectivity index (χ1) is 6.77. The van der Waals surface area contributed by atoms with Gasteiger partial charge in [0.2, 0.25) is 0 Å². The van der Waals surface area contributed by atoms with Gasteiger partial charge < -0.3 is 4.57 Å². The molecule has 0 atom stereocenters. The minimum Gasteiger partial charge on any atom is -0.330 e. The minimum atomic E-state index is 0.789. The van der Waals surface area contributed by atoms with Gasteiger partial charge in [0, 0.05) is 23.8 Å². The molecule has 0 aliphatic heterocycles. The summed E-state index contributed by atoms with van der Waals surface area (Å²) in [6, 6.07) is 3.97. The molecule has 2 rings (SSSR count). The number of pyridine rings is 1. The summed E-state index contributed by atoms with van der Waals surface area (Å²) in [6.07, 6.45) is 2.77. The Balaban J connectivity index is 2.79. The van der Waals surface area contributed by atoms with Gasteiger partial charge in [-0.2, -0.15) is 0 Å². The molecule has 14 heavy (non-hydrogen) atoms. The second-order valence-electron chi connectivity index (χ2n) is 3.26. The van der Waals surface area contributed by atoms with Crippen LogP contribution in [-0.2, 0) is 13.0 Å². The molecule has 74 valence electrons. The van der Waals surface area contributed by atoms with Gasteiger partial charge in [0.05, 0.1) is 5.02 Å². The lowest BCUT2D eigenvalue weighted by atomic mass is 10.3. The van der Waals surface area contributed by atoms with E-state index < -0.39 is 0 Å². The largest absolute Gasteiger partial charge is 0.330 e. The Kier molecular flexibility index (Phi) is 2.46. The number of aromatic nitrogens is 2. The Bertz CT molecular complexity index is 460. The van der Waals surface area contributed by atoms with Gasteiger partial charge in [-0.15, -0.1) is 0 Å². The number of fused-ring (bicyclic) bond motifs is 1. The predicted octanol–water partition coefficient (Wildman–Crippen LogP) is 3.27. The molecule has 3 heteroatoms. The third-order valence-electron chi connectivity index (χ3n) is 2.51. The number of nitrogens with zero attached hydrogens (tertiary/aromatic N) is 2. The van der Waals surface area contributed by atoms with Gasteiger partial charge in [0.1, 0.15) is 5.65 Å². The molecular formula is C11H13ClN2. The fourth-order valence-corrected chi connectivity index (χ4v) is 2.01. The molecule has 0 saturated heterocycles. The zero-order valence-electron chi connectivity index (χ0n) is 8.42. The number of rotatable bonds is 2. The van der Waals surface area contributed by atoms with Crippen LogP contribution in [0, 0.1) is 0 Å². The van der Waals surface area contributed by atoms with E-state index in [9.17, 15) is 0 Å². The highest BCUT2D eigenvalue weighted by atomic mass is 35.5. The molecule has 0 amide bonds. The van der Waals surface area contributed by atoms with Crippen LogP contribution in [0.25, 0.3) is 11.0 Å². The first kappa shape index (κ1) is 9.53. The van der Waals surface area contributed by atoms with Crippen LogP contribution in [0.2, 0.25) is 5.02 Å². The molecule has 2 aromatic rings. The van der Waals surface area contributed by atoms with Crippen LogP contribution in [0.1, 0.15) is 19.5 Å². The van der Waals surface area contributed by atoms with Gasteiger partial charge in [0.25, 0.3) is 0 Å². The van der Waals surface area contributed by atoms with Crippen LogP contribution in [0.5, 0.6) is 0 Å². The van der Waals surface area contributed by atoms with E-state index in [0.717, 1.165) is 29.0 Å².